The third-order valence-electron chi connectivity index (χ3n) is 12.9. The van der Waals surface area contributed by atoms with Crippen LogP contribution in [0.3, 0.4) is 0 Å². The molecule has 0 bridgehead atoms. The van der Waals surface area contributed by atoms with E-state index in [4.69, 9.17) is 10.5 Å². The van der Waals surface area contributed by atoms with Gasteiger partial charge in [0.15, 0.2) is 11.5 Å². The van der Waals surface area contributed by atoms with Crippen LogP contribution in [-0.2, 0) is 9.59 Å². The van der Waals surface area contributed by atoms with Crippen LogP contribution in [0.4, 0.5) is 24.7 Å². The van der Waals surface area contributed by atoms with Crippen molar-refractivity contribution < 1.29 is 37.1 Å². The van der Waals surface area contributed by atoms with Gasteiger partial charge < -0.3 is 15.4 Å². The molecule has 62 heavy (non-hydrogen) atoms. The number of fused-ring (bicyclic) bond motifs is 2. The quantitative estimate of drug-likeness (QED) is 0.217. The third kappa shape index (κ3) is 6.66. The van der Waals surface area contributed by atoms with Crippen LogP contribution in [0.1, 0.15) is 58.9 Å². The first-order chi connectivity index (χ1) is 29.9. The van der Waals surface area contributed by atoms with E-state index in [0.29, 0.717) is 62.8 Å². The van der Waals surface area contributed by atoms with Gasteiger partial charge in [0.25, 0.3) is 17.7 Å². The maximum atomic E-state index is 16.4. The number of amides is 4. The molecule has 4 amide bonds. The minimum atomic E-state index is -3.29. The summed E-state index contributed by atoms with van der Waals surface area (Å²) in [7, 11) is 0. The Morgan fingerprint density at radius 3 is 2.16 bits per heavy atom. The first-order valence-corrected chi connectivity index (χ1v) is 20.6. The zero-order valence-corrected chi connectivity index (χ0v) is 33.3. The highest BCUT2D eigenvalue weighted by molar-refractivity contribution is 6.23. The van der Waals surface area contributed by atoms with Gasteiger partial charge in [-0.2, -0.15) is 0 Å². The SMILES string of the molecule is Nc1ncnc2c1n(-c1ccc(Oc3ccccc3)cc1)c(=O)n2[C@@H]1CCN(C2CCN(C3CN(c4cc5c(cc4F)C(=O)N(C4CCC(=O)NC4=O)C5=O)C3)CC2)CC1(F)F. The van der Waals surface area contributed by atoms with E-state index in [0.717, 1.165) is 15.5 Å². The molecule has 5 aromatic rings. The van der Waals surface area contributed by atoms with Crippen molar-refractivity contribution in [3.8, 4) is 17.2 Å². The van der Waals surface area contributed by atoms with E-state index in [1.165, 1.54) is 17.0 Å². The van der Waals surface area contributed by atoms with Crippen LogP contribution in [0.5, 0.6) is 11.5 Å². The Labute approximate surface area is 351 Å². The predicted molar refractivity (Wildman–Crippen MR) is 218 cm³/mol. The van der Waals surface area contributed by atoms with Crippen LogP contribution in [0.2, 0.25) is 0 Å². The number of halogens is 3. The lowest BCUT2D eigenvalue weighted by atomic mass is 9.93. The summed E-state index contributed by atoms with van der Waals surface area (Å²) in [5.74, 6) is -5.52. The minimum absolute atomic E-state index is 0.000616. The van der Waals surface area contributed by atoms with E-state index in [1.54, 1.807) is 29.2 Å². The Morgan fingerprint density at radius 2 is 1.47 bits per heavy atom. The summed E-state index contributed by atoms with van der Waals surface area (Å²) in [6.45, 7) is 2.02. The second kappa shape index (κ2) is 15.1. The molecule has 0 saturated carbocycles. The molecular weight excluding hydrogens is 810 g/mol. The third-order valence-corrected chi connectivity index (χ3v) is 12.9. The number of piperidine rings is 3. The number of nitrogens with two attached hydrogens (primary N) is 1. The predicted octanol–water partition coefficient (Wildman–Crippen LogP) is 3.73. The highest BCUT2D eigenvalue weighted by Crippen LogP contribution is 2.41. The molecule has 16 nitrogen and oxygen atoms in total. The molecule has 5 aliphatic rings. The molecule has 0 aliphatic carbocycles. The summed E-state index contributed by atoms with van der Waals surface area (Å²) < 4.78 is 56.5. The van der Waals surface area contributed by atoms with Gasteiger partial charge in [0.05, 0.1) is 29.0 Å². The normalized spacial score (nSPS) is 22.6. The lowest BCUT2D eigenvalue weighted by Gasteiger charge is -2.50. The highest BCUT2D eigenvalue weighted by Gasteiger charge is 2.50. The summed E-state index contributed by atoms with van der Waals surface area (Å²) >= 11 is 0. The van der Waals surface area contributed by atoms with E-state index in [2.05, 4.69) is 20.2 Å². The van der Waals surface area contributed by atoms with Gasteiger partial charge in [0.2, 0.25) is 11.8 Å². The number of aromatic nitrogens is 4. The van der Waals surface area contributed by atoms with Gasteiger partial charge >= 0.3 is 5.69 Å². The van der Waals surface area contributed by atoms with Crippen LogP contribution in [-0.4, -0.2) is 121 Å². The molecule has 2 aromatic heterocycles. The molecule has 4 fully saturated rings. The van der Waals surface area contributed by atoms with Gasteiger partial charge in [-0.3, -0.25) is 48.3 Å². The summed E-state index contributed by atoms with van der Waals surface area (Å²) in [4.78, 5) is 79.7. The number of benzene rings is 3. The lowest BCUT2D eigenvalue weighted by molar-refractivity contribution is -0.136. The van der Waals surface area contributed by atoms with Gasteiger partial charge in [0, 0.05) is 51.2 Å². The molecule has 4 saturated heterocycles. The molecule has 5 aliphatic heterocycles. The smallest absolute Gasteiger partial charge is 0.335 e. The summed E-state index contributed by atoms with van der Waals surface area (Å²) in [6, 6.07) is 15.6. The van der Waals surface area contributed by atoms with Crippen molar-refractivity contribution >= 4 is 46.3 Å². The monoisotopic (exact) mass is 850 g/mol. The fourth-order valence-corrected chi connectivity index (χ4v) is 9.68. The Bertz CT molecular complexity index is 2700. The lowest BCUT2D eigenvalue weighted by Crippen LogP contribution is -2.63. The van der Waals surface area contributed by atoms with Crippen molar-refractivity contribution in [3.05, 3.63) is 100 Å². The fourth-order valence-electron chi connectivity index (χ4n) is 9.68. The molecule has 3 N–H and O–H groups in total. The van der Waals surface area contributed by atoms with Gasteiger partial charge in [-0.15, -0.1) is 0 Å². The number of likely N-dealkylation sites (tertiary alicyclic amines) is 2. The summed E-state index contributed by atoms with van der Waals surface area (Å²) in [6.07, 6.45) is 2.44. The Kier molecular flexibility index (Phi) is 9.62. The Balaban J connectivity index is 0.779. The van der Waals surface area contributed by atoms with Crippen molar-refractivity contribution in [1.82, 2.24) is 39.1 Å². The van der Waals surface area contributed by atoms with Crippen molar-refractivity contribution in [1.29, 1.82) is 0 Å². The second-order valence-corrected chi connectivity index (χ2v) is 16.5. The van der Waals surface area contributed by atoms with Crippen LogP contribution >= 0.6 is 0 Å². The molecule has 0 radical (unpaired) electrons. The molecule has 10 rings (SSSR count). The zero-order valence-electron chi connectivity index (χ0n) is 33.3. The van der Waals surface area contributed by atoms with Crippen LogP contribution in [0.25, 0.3) is 16.9 Å². The van der Waals surface area contributed by atoms with E-state index >= 15 is 13.2 Å². The Morgan fingerprint density at radius 1 is 0.790 bits per heavy atom. The van der Waals surface area contributed by atoms with Crippen LogP contribution in [0.15, 0.2) is 77.9 Å². The van der Waals surface area contributed by atoms with Gasteiger partial charge in [0.1, 0.15) is 41.2 Å². The van der Waals surface area contributed by atoms with E-state index in [1.807, 2.05) is 35.2 Å². The molecule has 2 atom stereocenters. The number of carbonyl (C=O) groups is 4. The average molecular weight is 851 g/mol. The minimum Gasteiger partial charge on any atom is -0.457 e. The number of anilines is 2. The topological polar surface area (TPSA) is 181 Å². The zero-order chi connectivity index (χ0) is 43.0. The molecule has 7 heterocycles. The van der Waals surface area contributed by atoms with Crippen molar-refractivity contribution in [2.24, 2.45) is 0 Å². The number of imide groups is 2. The first kappa shape index (κ1) is 39.5. The van der Waals surface area contributed by atoms with Crippen molar-refractivity contribution in [3.63, 3.8) is 0 Å². The number of nitrogen functional groups attached to an aromatic ring is 1. The summed E-state index contributed by atoms with van der Waals surface area (Å²) in [5.41, 5.74) is 6.20. The number of nitrogens with zero attached hydrogens (tertiary/aromatic N) is 8. The van der Waals surface area contributed by atoms with E-state index in [9.17, 15) is 24.0 Å². The number of rotatable bonds is 8. The molecular formula is C43H41F3N10O6. The maximum Gasteiger partial charge on any atom is 0.335 e. The second-order valence-electron chi connectivity index (χ2n) is 16.5. The Hall–Kier alpha value is -6.60. The number of nitrogens with one attached hydrogen (secondary N) is 1. The number of imidazole rings is 1. The molecule has 0 spiro atoms. The van der Waals surface area contributed by atoms with E-state index in [-0.39, 0.29) is 65.1 Å². The fraction of sp³-hybridized carbons (Fsp3) is 0.372. The van der Waals surface area contributed by atoms with Gasteiger partial charge in [-0.05, 0) is 74.2 Å². The number of carbonyl (C=O) groups excluding carboxylic acids is 4. The number of alkyl halides is 2. The summed E-state index contributed by atoms with van der Waals surface area (Å²) in [5, 5.41) is 2.15. The van der Waals surface area contributed by atoms with Crippen LogP contribution in [0, 0.1) is 5.82 Å². The molecule has 1 unspecified atom stereocenters. The number of hydrogen-bond donors (Lipinski definition) is 2. The highest BCUT2D eigenvalue weighted by atomic mass is 19.3. The van der Waals surface area contributed by atoms with Gasteiger partial charge in [-0.1, -0.05) is 18.2 Å². The molecule has 19 heteroatoms. The van der Waals surface area contributed by atoms with E-state index < -0.39 is 59.7 Å². The van der Waals surface area contributed by atoms with Crippen LogP contribution < -0.4 is 26.4 Å². The van der Waals surface area contributed by atoms with Crippen molar-refractivity contribution in [2.45, 2.75) is 62.2 Å². The number of ether oxygens (including phenoxy) is 1. The number of para-hydroxylation sites is 1. The molecule has 320 valence electrons. The maximum absolute atomic E-state index is 16.4. The molecule has 3 aromatic carbocycles. The van der Waals surface area contributed by atoms with Gasteiger partial charge in [-0.25, -0.2) is 27.9 Å². The average Bonchev–Trinajstić information content (AvgIpc) is 3.66. The standard InChI is InChI=1S/C43H41F3N10O6/c44-31-18-29-30(41(60)55(40(29)59)32-10-11-35(57)50-39(32)58)19-33(31)53-20-26(21-53)51-15-12-24(13-16-51)52-17-14-34(43(45,46)22-52)56-38-36(37(47)48-23-49-38)54(42(56)61)25-6-8-28(9-7-25)62-27-4-2-1-3-5-27/h1-9,18-19,23-24,26,32,34H,10-17,20-22H2,(H2,47,48,49)(H,50,57,58)/t32?,34-/m1/s1. The first-order valence-electron chi connectivity index (χ1n) is 20.6. The van der Waals surface area contributed by atoms with Crippen molar-refractivity contribution in [2.75, 3.05) is 49.9 Å². The largest absolute Gasteiger partial charge is 0.457 e. The number of hydrogen-bond acceptors (Lipinski definition) is 12.